The highest BCUT2D eigenvalue weighted by Crippen LogP contribution is 2.36. The maximum atomic E-state index is 5.36. The Morgan fingerprint density at radius 2 is 0.766 bits per heavy atom. The number of benzene rings is 7. The zero-order valence-electron chi connectivity index (χ0n) is 36.1. The van der Waals surface area contributed by atoms with Crippen LogP contribution in [0.2, 0.25) is 0 Å². The molecule has 0 radical (unpaired) electrons. The van der Waals surface area contributed by atoms with E-state index in [-0.39, 0.29) is 0 Å². The van der Waals surface area contributed by atoms with Crippen molar-refractivity contribution in [3.63, 3.8) is 0 Å². The maximum Gasteiger partial charge on any atom is 0.146 e. The molecular formula is C53H41N9S2. The highest BCUT2D eigenvalue weighted by Gasteiger charge is 2.31. The standard InChI is InChI=1S/C53H41N9S2/c1-51(2)56-38-14-11-15-39(46(38)59-51)62(40-28-26-34(44-47(40)60-52(3,4)57-44)30-18-22-32(23-19-30)49-54-36-12-7-9-16-42(36)63-49)41-29-27-35(45-48(41)61-53(5,6)58-45)31-20-24-33(25-21-31)50-55-37-13-8-10-17-43(37)64-50/h7-29H,1-6H3. The monoisotopic (exact) mass is 867 g/mol. The number of hydrogen-bond acceptors (Lipinski definition) is 11. The van der Waals surface area contributed by atoms with E-state index in [2.05, 4.69) is 154 Å². The van der Waals surface area contributed by atoms with Crippen molar-refractivity contribution >= 4 is 60.2 Å². The highest BCUT2D eigenvalue weighted by atomic mass is 32.1. The summed E-state index contributed by atoms with van der Waals surface area (Å²) in [5.41, 5.74) is 8.99. The van der Waals surface area contributed by atoms with Gasteiger partial charge in [0, 0.05) is 22.3 Å². The van der Waals surface area contributed by atoms with Gasteiger partial charge in [-0.25, -0.2) is 9.97 Å². The molecule has 0 aliphatic carbocycles. The van der Waals surface area contributed by atoms with Gasteiger partial charge in [0.05, 0.1) is 53.6 Å². The second-order valence-corrected chi connectivity index (χ2v) is 20.0. The van der Waals surface area contributed by atoms with Crippen LogP contribution >= 0.6 is 22.7 Å². The van der Waals surface area contributed by atoms with Crippen LogP contribution in [0.1, 0.15) is 41.5 Å². The fraction of sp³-hybridized carbons (Fsp3) is 0.170. The largest absolute Gasteiger partial charge is 0.304 e. The summed E-state index contributed by atoms with van der Waals surface area (Å²) in [6.45, 7) is 12.3. The zero-order valence-corrected chi connectivity index (χ0v) is 37.8. The van der Waals surface area contributed by atoms with E-state index in [0.717, 1.165) is 104 Å². The molecule has 0 atom stereocenters. The lowest BCUT2D eigenvalue weighted by molar-refractivity contribution is 0.549. The number of anilines is 3. The van der Waals surface area contributed by atoms with Crippen molar-refractivity contribution in [1.82, 2.24) is 9.97 Å². The van der Waals surface area contributed by atoms with Crippen molar-refractivity contribution in [2.75, 3.05) is 4.90 Å². The normalized spacial score (nSPS) is 15.8. The van der Waals surface area contributed by atoms with Crippen LogP contribution < -0.4 is 37.0 Å². The topological polar surface area (TPSA) is 103 Å². The van der Waals surface area contributed by atoms with Crippen LogP contribution in [-0.4, -0.2) is 27.0 Å². The molecule has 0 amide bonds. The molecular weight excluding hydrogens is 827 g/mol. The smallest absolute Gasteiger partial charge is 0.146 e. The number of thiazole rings is 2. The summed E-state index contributed by atoms with van der Waals surface area (Å²) in [4.78, 5) is 43.6. The van der Waals surface area contributed by atoms with Crippen molar-refractivity contribution in [2.45, 2.75) is 58.5 Å². The van der Waals surface area contributed by atoms with Gasteiger partial charge in [0.15, 0.2) is 0 Å². The van der Waals surface area contributed by atoms with Crippen molar-refractivity contribution in [1.29, 1.82) is 0 Å². The first-order valence-electron chi connectivity index (χ1n) is 21.4. The van der Waals surface area contributed by atoms with E-state index in [4.69, 9.17) is 39.9 Å². The zero-order chi connectivity index (χ0) is 43.5. The lowest BCUT2D eigenvalue weighted by Crippen LogP contribution is -2.38. The Bertz CT molecular complexity index is 3550. The molecule has 0 spiro atoms. The summed E-state index contributed by atoms with van der Waals surface area (Å²) in [6, 6.07) is 48.8. The molecule has 0 saturated heterocycles. The highest BCUT2D eigenvalue weighted by molar-refractivity contribution is 7.22. The number of rotatable bonds is 7. The maximum absolute atomic E-state index is 5.36. The number of para-hydroxylation sites is 3. The second-order valence-electron chi connectivity index (χ2n) is 17.9. The van der Waals surface area contributed by atoms with Crippen LogP contribution in [0.3, 0.4) is 0 Å². The van der Waals surface area contributed by atoms with Gasteiger partial charge in [-0.05, 0) is 113 Å². The molecule has 64 heavy (non-hydrogen) atoms. The second kappa shape index (κ2) is 14.0. The van der Waals surface area contributed by atoms with E-state index in [1.165, 1.54) is 9.40 Å². The fourth-order valence-corrected chi connectivity index (χ4v) is 11.0. The Morgan fingerprint density at radius 1 is 0.359 bits per heavy atom. The number of fused-ring (bicyclic) bond motifs is 5. The van der Waals surface area contributed by atoms with Gasteiger partial charge in [0.1, 0.15) is 43.1 Å². The first kappa shape index (κ1) is 38.6. The summed E-state index contributed by atoms with van der Waals surface area (Å²) < 4.78 is 2.36. The van der Waals surface area contributed by atoms with Gasteiger partial charge in [-0.15, -0.1) is 22.7 Å². The Labute approximate surface area is 376 Å². The summed E-state index contributed by atoms with van der Waals surface area (Å²) >= 11 is 3.42. The number of aromatic nitrogens is 2. The lowest BCUT2D eigenvalue weighted by atomic mass is 10.0. The molecule has 3 aliphatic heterocycles. The van der Waals surface area contributed by atoms with Crippen LogP contribution in [0.25, 0.3) is 63.8 Å². The molecule has 0 N–H and O–H groups in total. The van der Waals surface area contributed by atoms with Gasteiger partial charge < -0.3 is 4.90 Å². The van der Waals surface area contributed by atoms with Gasteiger partial charge in [-0.1, -0.05) is 78.9 Å². The quantitative estimate of drug-likeness (QED) is 0.159. The first-order valence-corrected chi connectivity index (χ1v) is 23.1. The van der Waals surface area contributed by atoms with E-state index in [1.807, 2.05) is 32.0 Å². The molecule has 0 unspecified atom stereocenters. The minimum atomic E-state index is -0.689. The molecule has 7 aromatic carbocycles. The molecule has 9 nitrogen and oxygen atoms in total. The van der Waals surface area contributed by atoms with E-state index in [1.54, 1.807) is 22.7 Å². The fourth-order valence-electron chi connectivity index (χ4n) is 9.02. The average Bonchev–Trinajstić information content (AvgIpc) is 4.10. The molecule has 12 rings (SSSR count). The van der Waals surface area contributed by atoms with Gasteiger partial charge >= 0.3 is 0 Å². The number of hydrogen-bond donors (Lipinski definition) is 0. The molecule has 0 bridgehead atoms. The molecule has 3 aliphatic rings. The van der Waals surface area contributed by atoms with Crippen LogP contribution in [0.5, 0.6) is 0 Å². The Hall–Kier alpha value is -7.08. The van der Waals surface area contributed by atoms with Gasteiger partial charge in [0.25, 0.3) is 0 Å². The predicted molar refractivity (Wildman–Crippen MR) is 258 cm³/mol. The molecule has 310 valence electrons. The van der Waals surface area contributed by atoms with Crippen molar-refractivity contribution in [2.24, 2.45) is 30.0 Å². The third-order valence-corrected chi connectivity index (χ3v) is 13.9. The molecule has 11 heteroatoms. The Balaban J connectivity index is 1.03. The van der Waals surface area contributed by atoms with Crippen molar-refractivity contribution in [3.8, 4) is 43.4 Å². The van der Waals surface area contributed by atoms with E-state index in [0.29, 0.717) is 0 Å². The first-order chi connectivity index (χ1) is 30.9. The number of nitrogens with zero attached hydrogens (tertiary/aromatic N) is 9. The van der Waals surface area contributed by atoms with Gasteiger partial charge in [0.2, 0.25) is 0 Å². The van der Waals surface area contributed by atoms with Crippen LogP contribution in [-0.2, 0) is 0 Å². The van der Waals surface area contributed by atoms with E-state index in [9.17, 15) is 0 Å². The molecule has 0 fully saturated rings. The minimum absolute atomic E-state index is 0.611. The Morgan fingerprint density at radius 3 is 1.25 bits per heavy atom. The average molecular weight is 868 g/mol. The summed E-state index contributed by atoms with van der Waals surface area (Å²) in [7, 11) is 0. The van der Waals surface area contributed by atoms with Crippen LogP contribution in [0.15, 0.2) is 169 Å². The van der Waals surface area contributed by atoms with Crippen molar-refractivity contribution in [3.05, 3.63) is 172 Å². The molecule has 2 aromatic heterocycles. The third-order valence-electron chi connectivity index (χ3n) is 11.8. The third kappa shape index (κ3) is 6.48. The SMILES string of the molecule is CC1(C)N=c2cccc(N(c3ccc(-c4ccc(-c5nc6ccccc6s5)cc4)c4c3=NC(C)(C)N=4)c3ccc(-c4ccc(-c5nc6ccccc6s5)cc4)c4c3=NC(C)(C)N=4)c2=N1. The van der Waals surface area contributed by atoms with Crippen LogP contribution in [0, 0.1) is 0 Å². The molecule has 5 heterocycles. The van der Waals surface area contributed by atoms with Crippen LogP contribution in [0.4, 0.5) is 17.1 Å². The summed E-state index contributed by atoms with van der Waals surface area (Å²) in [5.74, 6) is 0. The van der Waals surface area contributed by atoms with Gasteiger partial charge in [-0.3, -0.25) is 30.0 Å². The molecule has 9 aromatic rings. The predicted octanol–water partition coefficient (Wildman–Crippen LogP) is 10.0. The Kier molecular flexibility index (Phi) is 8.42. The van der Waals surface area contributed by atoms with Gasteiger partial charge in [-0.2, -0.15) is 0 Å². The lowest BCUT2D eigenvalue weighted by Gasteiger charge is -2.26. The summed E-state index contributed by atoms with van der Waals surface area (Å²) in [6.07, 6.45) is 0. The summed E-state index contributed by atoms with van der Waals surface area (Å²) in [5, 5.41) is 6.98. The van der Waals surface area contributed by atoms with E-state index < -0.39 is 17.0 Å². The van der Waals surface area contributed by atoms with E-state index >= 15 is 0 Å². The van der Waals surface area contributed by atoms with Crippen molar-refractivity contribution < 1.29 is 0 Å². The minimum Gasteiger partial charge on any atom is -0.304 e. The molecule has 0 saturated carbocycles.